The first kappa shape index (κ1) is 10.5. The van der Waals surface area contributed by atoms with Crippen molar-refractivity contribution in [3.8, 4) is 0 Å². The molecule has 1 aromatic heterocycles. The van der Waals surface area contributed by atoms with Crippen molar-refractivity contribution in [2.45, 2.75) is 19.8 Å². The van der Waals surface area contributed by atoms with Gasteiger partial charge in [0.05, 0.1) is 0 Å². The quantitative estimate of drug-likeness (QED) is 0.872. The van der Waals surface area contributed by atoms with E-state index in [-0.39, 0.29) is 0 Å². The highest BCUT2D eigenvalue weighted by atomic mass is 35.5. The average Bonchev–Trinajstić information content (AvgIpc) is 2.53. The molecule has 15 heavy (non-hydrogen) atoms. The van der Waals surface area contributed by atoms with Crippen LogP contribution in [0.25, 0.3) is 11.1 Å². The Kier molecular flexibility index (Phi) is 2.93. The second-order valence-electron chi connectivity index (χ2n) is 3.54. The van der Waals surface area contributed by atoms with E-state index < -0.39 is 0 Å². The maximum Gasteiger partial charge on any atom is 0.192 e. The molecule has 0 fully saturated rings. The number of hydrogen-bond acceptors (Lipinski definition) is 3. The molecule has 0 aliphatic heterocycles. The van der Waals surface area contributed by atoms with Gasteiger partial charge in [-0.15, -0.1) is 0 Å². The van der Waals surface area contributed by atoms with Gasteiger partial charge in [-0.2, -0.15) is 0 Å². The summed E-state index contributed by atoms with van der Waals surface area (Å²) in [6.07, 6.45) is 1.82. The van der Waals surface area contributed by atoms with Crippen LogP contribution in [0.3, 0.4) is 0 Å². The Hall–Kier alpha value is -1.06. The Morgan fingerprint density at radius 3 is 3.00 bits per heavy atom. The predicted octanol–water partition coefficient (Wildman–Crippen LogP) is 2.68. The molecule has 80 valence electrons. The van der Waals surface area contributed by atoms with Crippen molar-refractivity contribution in [2.24, 2.45) is 5.73 Å². The van der Waals surface area contributed by atoms with Crippen LogP contribution in [0.5, 0.6) is 0 Å². The van der Waals surface area contributed by atoms with E-state index in [1.165, 1.54) is 0 Å². The lowest BCUT2D eigenvalue weighted by Crippen LogP contribution is -2.00. The molecule has 2 aromatic rings. The van der Waals surface area contributed by atoms with Crippen molar-refractivity contribution in [3.63, 3.8) is 0 Å². The number of hydrogen-bond donors (Lipinski definition) is 1. The summed E-state index contributed by atoms with van der Waals surface area (Å²) in [5.41, 5.74) is 8.16. The summed E-state index contributed by atoms with van der Waals surface area (Å²) in [4.78, 5) is 4.27. The van der Waals surface area contributed by atoms with Crippen molar-refractivity contribution in [2.75, 3.05) is 6.54 Å². The Morgan fingerprint density at radius 1 is 1.47 bits per heavy atom. The third kappa shape index (κ3) is 2.13. The number of aryl methyl sites for hydroxylation is 2. The van der Waals surface area contributed by atoms with Crippen LogP contribution in [-0.4, -0.2) is 11.5 Å². The van der Waals surface area contributed by atoms with Gasteiger partial charge in [0, 0.05) is 18.0 Å². The predicted molar refractivity (Wildman–Crippen MR) is 61.1 cm³/mol. The molecule has 4 heteroatoms. The maximum absolute atomic E-state index is 6.12. The number of rotatable bonds is 3. The zero-order chi connectivity index (χ0) is 10.8. The lowest BCUT2D eigenvalue weighted by atomic mass is 10.1. The van der Waals surface area contributed by atoms with Gasteiger partial charge in [-0.1, -0.05) is 11.6 Å². The molecule has 0 saturated carbocycles. The van der Waals surface area contributed by atoms with E-state index in [9.17, 15) is 0 Å². The van der Waals surface area contributed by atoms with Crippen LogP contribution in [0.2, 0.25) is 5.02 Å². The fraction of sp³-hybridized carbons (Fsp3) is 0.364. The first-order valence-electron chi connectivity index (χ1n) is 4.96. The number of nitrogens with two attached hydrogens (primary N) is 1. The molecule has 0 aliphatic rings. The molecule has 3 nitrogen and oxygen atoms in total. The van der Waals surface area contributed by atoms with Crippen LogP contribution >= 0.6 is 11.6 Å². The molecule has 0 aliphatic carbocycles. The second kappa shape index (κ2) is 4.21. The molecule has 0 atom stereocenters. The van der Waals surface area contributed by atoms with Gasteiger partial charge in [-0.05, 0) is 31.0 Å². The van der Waals surface area contributed by atoms with Crippen LogP contribution in [0, 0.1) is 6.92 Å². The Balaban J connectivity index is 2.42. The summed E-state index contributed by atoms with van der Waals surface area (Å²) < 4.78 is 5.39. The van der Waals surface area contributed by atoms with Crippen molar-refractivity contribution in [1.29, 1.82) is 0 Å². The standard InChI is InChI=1S/C11H13ClN2O/c1-7-14-10-5-8(3-2-4-13)9(12)6-11(10)15-7/h5-6H,2-4,13H2,1H3. The van der Waals surface area contributed by atoms with E-state index >= 15 is 0 Å². The molecule has 2 rings (SSSR count). The largest absolute Gasteiger partial charge is 0.441 e. The van der Waals surface area contributed by atoms with Gasteiger partial charge in [0.1, 0.15) is 5.52 Å². The Morgan fingerprint density at radius 2 is 2.27 bits per heavy atom. The molecule has 0 bridgehead atoms. The van der Waals surface area contributed by atoms with Crippen molar-refractivity contribution in [1.82, 2.24) is 4.98 Å². The zero-order valence-corrected chi connectivity index (χ0v) is 9.34. The van der Waals surface area contributed by atoms with Gasteiger partial charge in [-0.25, -0.2) is 4.98 Å². The molecule has 0 amide bonds. The minimum atomic E-state index is 0.664. The van der Waals surface area contributed by atoms with E-state index in [0.29, 0.717) is 12.4 Å². The summed E-state index contributed by atoms with van der Waals surface area (Å²) in [5, 5.41) is 0.729. The fourth-order valence-electron chi connectivity index (χ4n) is 1.59. The minimum Gasteiger partial charge on any atom is -0.441 e. The Bertz CT molecular complexity index is 479. The highest BCUT2D eigenvalue weighted by molar-refractivity contribution is 6.32. The van der Waals surface area contributed by atoms with Crippen LogP contribution in [0.4, 0.5) is 0 Å². The van der Waals surface area contributed by atoms with Crippen molar-refractivity contribution in [3.05, 3.63) is 28.6 Å². The lowest BCUT2D eigenvalue weighted by molar-refractivity contribution is 0.561. The smallest absolute Gasteiger partial charge is 0.192 e. The monoisotopic (exact) mass is 224 g/mol. The van der Waals surface area contributed by atoms with Gasteiger partial charge in [0.25, 0.3) is 0 Å². The summed E-state index contributed by atoms with van der Waals surface area (Å²) in [5.74, 6) is 0.664. The number of aromatic nitrogens is 1. The topological polar surface area (TPSA) is 52.0 Å². The molecular weight excluding hydrogens is 212 g/mol. The van der Waals surface area contributed by atoms with Crippen LogP contribution in [0.1, 0.15) is 17.9 Å². The average molecular weight is 225 g/mol. The molecule has 0 radical (unpaired) electrons. The van der Waals surface area contributed by atoms with Crippen LogP contribution < -0.4 is 5.73 Å². The number of benzene rings is 1. The van der Waals surface area contributed by atoms with Crippen LogP contribution in [-0.2, 0) is 6.42 Å². The number of oxazole rings is 1. The molecule has 1 aromatic carbocycles. The van der Waals surface area contributed by atoms with E-state index in [4.69, 9.17) is 21.8 Å². The third-order valence-electron chi connectivity index (χ3n) is 2.31. The Labute approximate surface area is 93.2 Å². The first-order valence-corrected chi connectivity index (χ1v) is 5.34. The van der Waals surface area contributed by atoms with E-state index in [2.05, 4.69) is 4.98 Å². The highest BCUT2D eigenvalue weighted by Gasteiger charge is 2.07. The maximum atomic E-state index is 6.12. The first-order chi connectivity index (χ1) is 7.20. The summed E-state index contributed by atoms with van der Waals surface area (Å²) >= 11 is 6.12. The summed E-state index contributed by atoms with van der Waals surface area (Å²) in [6, 6.07) is 3.80. The van der Waals surface area contributed by atoms with Crippen molar-refractivity contribution < 1.29 is 4.42 Å². The zero-order valence-electron chi connectivity index (χ0n) is 8.59. The SMILES string of the molecule is Cc1nc2cc(CCCN)c(Cl)cc2o1. The molecule has 1 heterocycles. The number of halogens is 1. The molecule has 2 N–H and O–H groups in total. The highest BCUT2D eigenvalue weighted by Crippen LogP contribution is 2.25. The van der Waals surface area contributed by atoms with Crippen molar-refractivity contribution >= 4 is 22.7 Å². The lowest BCUT2D eigenvalue weighted by Gasteiger charge is -2.02. The summed E-state index contributed by atoms with van der Waals surface area (Å²) in [7, 11) is 0. The third-order valence-corrected chi connectivity index (χ3v) is 2.67. The van der Waals surface area contributed by atoms with Crippen LogP contribution in [0.15, 0.2) is 16.5 Å². The van der Waals surface area contributed by atoms with E-state index in [1.54, 1.807) is 0 Å². The van der Waals surface area contributed by atoms with Gasteiger partial charge < -0.3 is 10.2 Å². The molecular formula is C11H13ClN2O. The minimum absolute atomic E-state index is 0.664. The van der Waals surface area contributed by atoms with Gasteiger partial charge in [0.2, 0.25) is 0 Å². The second-order valence-corrected chi connectivity index (χ2v) is 3.94. The van der Waals surface area contributed by atoms with Gasteiger partial charge in [-0.3, -0.25) is 0 Å². The number of fused-ring (bicyclic) bond motifs is 1. The van der Waals surface area contributed by atoms with E-state index in [1.807, 2.05) is 19.1 Å². The molecule has 0 spiro atoms. The van der Waals surface area contributed by atoms with Gasteiger partial charge >= 0.3 is 0 Å². The summed E-state index contributed by atoms with van der Waals surface area (Å²) in [6.45, 7) is 2.50. The number of nitrogens with zero attached hydrogens (tertiary/aromatic N) is 1. The normalized spacial score (nSPS) is 11.1. The molecule has 0 unspecified atom stereocenters. The van der Waals surface area contributed by atoms with E-state index in [0.717, 1.165) is 34.5 Å². The molecule has 0 saturated heterocycles. The van der Waals surface area contributed by atoms with Gasteiger partial charge in [0.15, 0.2) is 11.5 Å². The fourth-order valence-corrected chi connectivity index (χ4v) is 1.84.